The summed E-state index contributed by atoms with van der Waals surface area (Å²) < 4.78 is 5.26. The monoisotopic (exact) mass is 330 g/mol. The molecule has 2 atom stereocenters. The summed E-state index contributed by atoms with van der Waals surface area (Å²) in [5.41, 5.74) is 2.60. The van der Waals surface area contributed by atoms with Crippen LogP contribution in [0, 0.1) is 0 Å². The lowest BCUT2D eigenvalue weighted by molar-refractivity contribution is -0.0392. The van der Waals surface area contributed by atoms with Crippen molar-refractivity contribution in [2.75, 3.05) is 13.7 Å². The number of ether oxygens (including phenoxy) is 1. The molecule has 0 bridgehead atoms. The Morgan fingerprint density at radius 1 is 1.12 bits per heavy atom. The first-order valence-electron chi connectivity index (χ1n) is 7.59. The van der Waals surface area contributed by atoms with E-state index in [1.807, 2.05) is 0 Å². The highest BCUT2D eigenvalue weighted by molar-refractivity contribution is 5.72. The van der Waals surface area contributed by atoms with Gasteiger partial charge in [0.25, 0.3) is 0 Å². The molecule has 4 N–H and O–H groups in total. The smallest absolute Gasteiger partial charge is 0.123 e. The number of aromatic hydroxyl groups is 2. The van der Waals surface area contributed by atoms with E-state index in [4.69, 9.17) is 9.84 Å². The second-order valence-corrected chi connectivity index (χ2v) is 5.52. The largest absolute Gasteiger partial charge is 0.508 e. The average Bonchev–Trinajstić information content (AvgIpc) is 2.59. The van der Waals surface area contributed by atoms with Crippen molar-refractivity contribution in [2.24, 2.45) is 0 Å². The Bertz CT molecular complexity index is 711. The first-order valence-corrected chi connectivity index (χ1v) is 7.59. The molecule has 0 unspecified atom stereocenters. The third-order valence-electron chi connectivity index (χ3n) is 3.89. The van der Waals surface area contributed by atoms with Crippen LogP contribution in [-0.4, -0.2) is 40.2 Å². The Balaban J connectivity index is 2.49. The maximum Gasteiger partial charge on any atom is 0.123 e. The van der Waals surface area contributed by atoms with Gasteiger partial charge in [0.15, 0.2) is 0 Å². The minimum Gasteiger partial charge on any atom is -0.508 e. The molecule has 5 nitrogen and oxygen atoms in total. The van der Waals surface area contributed by atoms with Crippen LogP contribution >= 0.6 is 0 Å². The standard InChI is InChI=1S/C19H22O5/c1-3-4-13-9-12(5-7-16(13)21)15-10-14(6-8-17(15)22)19(24-2)18(23)11-20/h3,5-10,18-23H,1,4,11H2,2H3/t18-,19+/m1/s1. The Hall–Kier alpha value is -2.34. The van der Waals surface area contributed by atoms with Gasteiger partial charge in [-0.25, -0.2) is 0 Å². The van der Waals surface area contributed by atoms with Crippen LogP contribution in [-0.2, 0) is 11.2 Å². The van der Waals surface area contributed by atoms with Crippen molar-refractivity contribution in [1.29, 1.82) is 0 Å². The molecule has 0 aliphatic carbocycles. The molecule has 0 amide bonds. The second kappa shape index (κ2) is 7.97. The number of hydrogen-bond acceptors (Lipinski definition) is 5. The maximum atomic E-state index is 10.2. The molecule has 0 saturated heterocycles. The Labute approximate surface area is 141 Å². The fourth-order valence-electron chi connectivity index (χ4n) is 2.64. The summed E-state index contributed by atoms with van der Waals surface area (Å²) in [4.78, 5) is 0. The summed E-state index contributed by atoms with van der Waals surface area (Å²) >= 11 is 0. The number of methoxy groups -OCH3 is 1. The number of allylic oxidation sites excluding steroid dienone is 1. The summed E-state index contributed by atoms with van der Waals surface area (Å²) in [7, 11) is 1.44. The van der Waals surface area contributed by atoms with Gasteiger partial charge in [-0.15, -0.1) is 6.58 Å². The molecule has 0 fully saturated rings. The SMILES string of the molecule is C=CCc1cc(-c2cc([C@H](OC)[C@H](O)CO)ccc2O)ccc1O. The molecule has 2 aromatic rings. The van der Waals surface area contributed by atoms with Gasteiger partial charge in [-0.2, -0.15) is 0 Å². The molecule has 2 rings (SSSR count). The van der Waals surface area contributed by atoms with Crippen molar-refractivity contribution >= 4 is 0 Å². The predicted octanol–water partition coefficient (Wildman–Crippen LogP) is 2.53. The third kappa shape index (κ3) is 3.76. The van der Waals surface area contributed by atoms with E-state index in [9.17, 15) is 15.3 Å². The quantitative estimate of drug-likeness (QED) is 0.586. The minimum atomic E-state index is -1.07. The van der Waals surface area contributed by atoms with Crippen LogP contribution in [0.1, 0.15) is 17.2 Å². The molecule has 0 aliphatic rings. The lowest BCUT2D eigenvalue weighted by Gasteiger charge is -2.21. The highest BCUT2D eigenvalue weighted by Gasteiger charge is 2.21. The molecular formula is C19H22O5. The summed E-state index contributed by atoms with van der Waals surface area (Å²) in [6.45, 7) is 3.23. The fraction of sp³-hybridized carbons (Fsp3) is 0.263. The van der Waals surface area contributed by atoms with Crippen LogP contribution in [0.3, 0.4) is 0 Å². The van der Waals surface area contributed by atoms with Crippen molar-refractivity contribution < 1.29 is 25.2 Å². The van der Waals surface area contributed by atoms with Gasteiger partial charge in [-0.05, 0) is 47.4 Å². The summed E-state index contributed by atoms with van der Waals surface area (Å²) in [6.07, 6.45) is 0.417. The zero-order valence-corrected chi connectivity index (χ0v) is 13.5. The predicted molar refractivity (Wildman–Crippen MR) is 92.0 cm³/mol. The number of benzene rings is 2. The van der Waals surface area contributed by atoms with Crippen LogP contribution in [0.2, 0.25) is 0 Å². The van der Waals surface area contributed by atoms with E-state index in [0.717, 1.165) is 5.56 Å². The molecular weight excluding hydrogens is 308 g/mol. The number of aliphatic hydroxyl groups excluding tert-OH is 2. The van der Waals surface area contributed by atoms with Gasteiger partial charge < -0.3 is 25.2 Å². The number of rotatable bonds is 7. The Morgan fingerprint density at radius 3 is 2.46 bits per heavy atom. The van der Waals surface area contributed by atoms with E-state index in [1.165, 1.54) is 13.2 Å². The lowest BCUT2D eigenvalue weighted by atomic mass is 9.95. The number of hydrogen-bond donors (Lipinski definition) is 4. The van der Waals surface area contributed by atoms with Crippen molar-refractivity contribution in [1.82, 2.24) is 0 Å². The van der Waals surface area contributed by atoms with E-state index < -0.39 is 18.8 Å². The van der Waals surface area contributed by atoms with Crippen LogP contribution in [0.5, 0.6) is 11.5 Å². The number of aliphatic hydroxyl groups is 2. The van der Waals surface area contributed by atoms with Crippen molar-refractivity contribution in [3.05, 3.63) is 60.2 Å². The van der Waals surface area contributed by atoms with Crippen molar-refractivity contribution in [2.45, 2.75) is 18.6 Å². The maximum absolute atomic E-state index is 10.2. The minimum absolute atomic E-state index is 0.0716. The van der Waals surface area contributed by atoms with E-state index in [-0.39, 0.29) is 11.5 Å². The molecule has 0 aromatic heterocycles. The van der Waals surface area contributed by atoms with Gasteiger partial charge >= 0.3 is 0 Å². The zero-order chi connectivity index (χ0) is 17.7. The molecule has 128 valence electrons. The van der Waals surface area contributed by atoms with E-state index in [1.54, 1.807) is 36.4 Å². The van der Waals surface area contributed by atoms with Gasteiger partial charge in [-0.1, -0.05) is 18.2 Å². The summed E-state index contributed by atoms with van der Waals surface area (Å²) in [5, 5.41) is 39.1. The third-order valence-corrected chi connectivity index (χ3v) is 3.89. The van der Waals surface area contributed by atoms with Crippen LogP contribution < -0.4 is 0 Å². The van der Waals surface area contributed by atoms with E-state index in [2.05, 4.69) is 6.58 Å². The van der Waals surface area contributed by atoms with Gasteiger partial charge in [0.05, 0.1) is 6.61 Å². The molecule has 0 aliphatic heterocycles. The Morgan fingerprint density at radius 2 is 1.83 bits per heavy atom. The first-order chi connectivity index (χ1) is 11.5. The molecule has 0 saturated carbocycles. The van der Waals surface area contributed by atoms with Gasteiger partial charge in [0, 0.05) is 12.7 Å². The summed E-state index contributed by atoms with van der Waals surface area (Å²) in [5.74, 6) is 0.238. The highest BCUT2D eigenvalue weighted by Crippen LogP contribution is 2.35. The molecule has 5 heteroatoms. The van der Waals surface area contributed by atoms with E-state index in [0.29, 0.717) is 23.1 Å². The van der Waals surface area contributed by atoms with Crippen LogP contribution in [0.15, 0.2) is 49.1 Å². The molecule has 24 heavy (non-hydrogen) atoms. The average molecular weight is 330 g/mol. The highest BCUT2D eigenvalue weighted by atomic mass is 16.5. The van der Waals surface area contributed by atoms with E-state index >= 15 is 0 Å². The molecule has 0 heterocycles. The molecule has 0 spiro atoms. The van der Waals surface area contributed by atoms with Gasteiger partial charge in [0.2, 0.25) is 0 Å². The zero-order valence-electron chi connectivity index (χ0n) is 13.5. The van der Waals surface area contributed by atoms with Crippen LogP contribution in [0.25, 0.3) is 11.1 Å². The Kier molecular flexibility index (Phi) is 5.98. The van der Waals surface area contributed by atoms with Gasteiger partial charge in [-0.3, -0.25) is 0 Å². The number of phenols is 2. The lowest BCUT2D eigenvalue weighted by Crippen LogP contribution is -2.23. The van der Waals surface area contributed by atoms with Crippen LogP contribution in [0.4, 0.5) is 0 Å². The first kappa shape index (κ1) is 18.0. The van der Waals surface area contributed by atoms with Crippen molar-refractivity contribution in [3.8, 4) is 22.6 Å². The molecule has 0 radical (unpaired) electrons. The van der Waals surface area contributed by atoms with Crippen molar-refractivity contribution in [3.63, 3.8) is 0 Å². The fourth-order valence-corrected chi connectivity index (χ4v) is 2.64. The topological polar surface area (TPSA) is 90.2 Å². The normalized spacial score (nSPS) is 13.5. The number of phenolic OH excluding ortho intramolecular Hbond substituents is 2. The molecule has 2 aromatic carbocycles. The van der Waals surface area contributed by atoms with Gasteiger partial charge in [0.1, 0.15) is 23.7 Å². The second-order valence-electron chi connectivity index (χ2n) is 5.52. The summed E-state index contributed by atoms with van der Waals surface area (Å²) in [6, 6.07) is 9.89.